The molecule has 84 valence electrons. The largest absolute Gasteiger partial charge is 0.490 e. The van der Waals surface area contributed by atoms with Crippen molar-refractivity contribution in [3.05, 3.63) is 23.5 Å². The number of halogens is 1. The van der Waals surface area contributed by atoms with Crippen molar-refractivity contribution in [3.63, 3.8) is 0 Å². The van der Waals surface area contributed by atoms with Crippen LogP contribution in [0.3, 0.4) is 0 Å². The maximum absolute atomic E-state index is 13.3. The first-order valence-electron chi connectivity index (χ1n) is 4.91. The first-order chi connectivity index (χ1) is 7.15. The van der Waals surface area contributed by atoms with Gasteiger partial charge in [0.1, 0.15) is 0 Å². The molecule has 0 saturated heterocycles. The van der Waals surface area contributed by atoms with Gasteiger partial charge in [-0.25, -0.2) is 4.39 Å². The molecule has 4 heteroatoms. The topological polar surface area (TPSA) is 35.2 Å². The predicted octanol–water partition coefficient (Wildman–Crippen LogP) is 2.85. The zero-order valence-corrected chi connectivity index (χ0v) is 9.86. The maximum Gasteiger partial charge on any atom is 0.167 e. The molecular formula is C11H16FNOS. The van der Waals surface area contributed by atoms with Gasteiger partial charge >= 0.3 is 0 Å². The highest BCUT2D eigenvalue weighted by molar-refractivity contribution is 7.99. The number of hydrogen-bond acceptors (Lipinski definition) is 3. The van der Waals surface area contributed by atoms with Gasteiger partial charge in [0.05, 0.1) is 6.61 Å². The molecule has 1 aromatic carbocycles. The lowest BCUT2D eigenvalue weighted by Crippen LogP contribution is -2.03. The van der Waals surface area contributed by atoms with Crippen LogP contribution in [0, 0.1) is 12.7 Å². The predicted molar refractivity (Wildman–Crippen MR) is 64.0 cm³/mol. The fourth-order valence-corrected chi connectivity index (χ4v) is 1.63. The molecule has 0 bridgehead atoms. The summed E-state index contributed by atoms with van der Waals surface area (Å²) in [7, 11) is 0. The number of anilines is 1. The number of benzene rings is 1. The van der Waals surface area contributed by atoms with Gasteiger partial charge in [-0.15, -0.1) is 0 Å². The van der Waals surface area contributed by atoms with Crippen molar-refractivity contribution in [2.45, 2.75) is 13.8 Å². The van der Waals surface area contributed by atoms with Crippen molar-refractivity contribution in [2.24, 2.45) is 0 Å². The summed E-state index contributed by atoms with van der Waals surface area (Å²) >= 11 is 1.77. The highest BCUT2D eigenvalue weighted by atomic mass is 32.2. The maximum atomic E-state index is 13.3. The molecule has 0 fully saturated rings. The minimum Gasteiger partial charge on any atom is -0.490 e. The Labute approximate surface area is 94.0 Å². The number of ether oxygens (including phenoxy) is 1. The molecule has 0 unspecified atom stereocenters. The second-order valence-electron chi connectivity index (χ2n) is 3.18. The molecule has 1 aromatic rings. The van der Waals surface area contributed by atoms with Gasteiger partial charge in [-0.05, 0) is 24.3 Å². The van der Waals surface area contributed by atoms with E-state index in [1.807, 2.05) is 6.92 Å². The average Bonchev–Trinajstić information content (AvgIpc) is 2.20. The molecule has 0 atom stereocenters. The summed E-state index contributed by atoms with van der Waals surface area (Å²) in [6.45, 7) is 4.44. The van der Waals surface area contributed by atoms with Crippen molar-refractivity contribution in [1.82, 2.24) is 0 Å². The van der Waals surface area contributed by atoms with Gasteiger partial charge in [0.2, 0.25) is 0 Å². The van der Waals surface area contributed by atoms with Crippen molar-refractivity contribution >= 4 is 17.4 Å². The molecular weight excluding hydrogens is 213 g/mol. The third kappa shape index (κ3) is 3.63. The Kier molecular flexibility index (Phi) is 4.75. The SMILES string of the molecule is CCSCCOc1cc(C)c(N)cc1F. The van der Waals surface area contributed by atoms with E-state index in [4.69, 9.17) is 10.5 Å². The van der Waals surface area contributed by atoms with Crippen LogP contribution in [0.1, 0.15) is 12.5 Å². The minimum atomic E-state index is -0.389. The fraction of sp³-hybridized carbons (Fsp3) is 0.455. The molecule has 0 amide bonds. The van der Waals surface area contributed by atoms with Crippen LogP contribution in [-0.4, -0.2) is 18.1 Å². The first-order valence-corrected chi connectivity index (χ1v) is 6.06. The van der Waals surface area contributed by atoms with Gasteiger partial charge in [-0.3, -0.25) is 0 Å². The van der Waals surface area contributed by atoms with Crippen molar-refractivity contribution < 1.29 is 9.13 Å². The third-order valence-electron chi connectivity index (χ3n) is 2.01. The average molecular weight is 229 g/mol. The summed E-state index contributed by atoms with van der Waals surface area (Å²) in [5.41, 5.74) is 6.87. The van der Waals surface area contributed by atoms with E-state index < -0.39 is 0 Å². The Balaban J connectivity index is 2.57. The summed E-state index contributed by atoms with van der Waals surface area (Å²) in [5.74, 6) is 1.82. The molecule has 0 aliphatic heterocycles. The Hall–Kier alpha value is -0.900. The smallest absolute Gasteiger partial charge is 0.167 e. The van der Waals surface area contributed by atoms with E-state index in [2.05, 4.69) is 6.92 Å². The lowest BCUT2D eigenvalue weighted by Gasteiger charge is -2.09. The Morgan fingerprint density at radius 2 is 2.20 bits per heavy atom. The van der Waals surface area contributed by atoms with Gasteiger partial charge in [0.25, 0.3) is 0 Å². The lowest BCUT2D eigenvalue weighted by molar-refractivity contribution is 0.325. The molecule has 2 N–H and O–H groups in total. The summed E-state index contributed by atoms with van der Waals surface area (Å²) < 4.78 is 18.7. The fourth-order valence-electron chi connectivity index (χ4n) is 1.14. The Bertz CT molecular complexity index is 331. The van der Waals surface area contributed by atoms with Gasteiger partial charge in [-0.1, -0.05) is 6.92 Å². The zero-order chi connectivity index (χ0) is 11.3. The number of hydrogen-bond donors (Lipinski definition) is 1. The zero-order valence-electron chi connectivity index (χ0n) is 9.05. The van der Waals surface area contributed by atoms with E-state index in [9.17, 15) is 4.39 Å². The van der Waals surface area contributed by atoms with Crippen LogP contribution >= 0.6 is 11.8 Å². The van der Waals surface area contributed by atoms with Crippen LogP contribution in [0.4, 0.5) is 10.1 Å². The highest BCUT2D eigenvalue weighted by Crippen LogP contribution is 2.23. The molecule has 0 heterocycles. The summed E-state index contributed by atoms with van der Waals surface area (Å²) in [4.78, 5) is 0. The number of rotatable bonds is 5. The van der Waals surface area contributed by atoms with Crippen molar-refractivity contribution in [3.8, 4) is 5.75 Å². The first kappa shape index (κ1) is 12.2. The van der Waals surface area contributed by atoms with E-state index in [0.717, 1.165) is 17.1 Å². The second kappa shape index (κ2) is 5.85. The van der Waals surface area contributed by atoms with Crippen LogP contribution in [0.5, 0.6) is 5.75 Å². The normalized spacial score (nSPS) is 10.3. The molecule has 0 aromatic heterocycles. The molecule has 1 rings (SSSR count). The van der Waals surface area contributed by atoms with Gasteiger partial charge in [0, 0.05) is 17.5 Å². The van der Waals surface area contributed by atoms with E-state index in [-0.39, 0.29) is 5.82 Å². The monoisotopic (exact) mass is 229 g/mol. The highest BCUT2D eigenvalue weighted by Gasteiger charge is 2.06. The lowest BCUT2D eigenvalue weighted by atomic mass is 10.2. The molecule has 0 aliphatic rings. The summed E-state index contributed by atoms with van der Waals surface area (Å²) in [6.07, 6.45) is 0. The van der Waals surface area contributed by atoms with Crippen LogP contribution in [0.2, 0.25) is 0 Å². The summed E-state index contributed by atoms with van der Waals surface area (Å²) in [6, 6.07) is 2.94. The van der Waals surface area contributed by atoms with Gasteiger partial charge in [-0.2, -0.15) is 11.8 Å². The van der Waals surface area contributed by atoms with Gasteiger partial charge < -0.3 is 10.5 Å². The number of thioether (sulfide) groups is 1. The molecule has 0 radical (unpaired) electrons. The quantitative estimate of drug-likeness (QED) is 0.623. The van der Waals surface area contributed by atoms with E-state index in [1.54, 1.807) is 17.8 Å². The Morgan fingerprint density at radius 3 is 2.87 bits per heavy atom. The number of nitrogen functional groups attached to an aromatic ring is 1. The van der Waals surface area contributed by atoms with Gasteiger partial charge in [0.15, 0.2) is 11.6 Å². The van der Waals surface area contributed by atoms with E-state index in [1.165, 1.54) is 6.07 Å². The minimum absolute atomic E-state index is 0.290. The second-order valence-corrected chi connectivity index (χ2v) is 4.58. The van der Waals surface area contributed by atoms with E-state index >= 15 is 0 Å². The number of aryl methyl sites for hydroxylation is 1. The third-order valence-corrected chi connectivity index (χ3v) is 2.87. The summed E-state index contributed by atoms with van der Waals surface area (Å²) in [5, 5.41) is 0. The van der Waals surface area contributed by atoms with E-state index in [0.29, 0.717) is 18.0 Å². The van der Waals surface area contributed by atoms with Crippen LogP contribution in [0.25, 0.3) is 0 Å². The van der Waals surface area contributed by atoms with Crippen molar-refractivity contribution in [2.75, 3.05) is 23.8 Å². The molecule has 2 nitrogen and oxygen atoms in total. The standard InChI is InChI=1S/C11H16FNOS/c1-3-15-5-4-14-11-6-8(2)10(13)7-9(11)12/h6-7H,3-5,13H2,1-2H3. The van der Waals surface area contributed by atoms with Crippen molar-refractivity contribution in [1.29, 1.82) is 0 Å². The van der Waals surface area contributed by atoms with Crippen LogP contribution < -0.4 is 10.5 Å². The molecule has 0 aliphatic carbocycles. The number of nitrogens with two attached hydrogens (primary N) is 1. The molecule has 0 saturated carbocycles. The van der Waals surface area contributed by atoms with Crippen LogP contribution in [-0.2, 0) is 0 Å². The molecule has 15 heavy (non-hydrogen) atoms. The Morgan fingerprint density at radius 1 is 1.47 bits per heavy atom. The molecule has 0 spiro atoms. The van der Waals surface area contributed by atoms with Crippen LogP contribution in [0.15, 0.2) is 12.1 Å².